The second-order valence-electron chi connectivity index (χ2n) is 4.66. The molecule has 0 aliphatic carbocycles. The Morgan fingerprint density at radius 2 is 2.14 bits per heavy atom. The van der Waals surface area contributed by atoms with Crippen LogP contribution in [0.3, 0.4) is 0 Å². The average Bonchev–Trinajstić information content (AvgIpc) is 2.51. The van der Waals surface area contributed by atoms with Crippen molar-refractivity contribution in [1.82, 2.24) is 0 Å². The highest BCUT2D eigenvalue weighted by Crippen LogP contribution is 2.37. The number of hydrogen-bond acceptors (Lipinski definition) is 3. The molecule has 2 rings (SSSR count). The van der Waals surface area contributed by atoms with Crippen molar-refractivity contribution in [1.29, 1.82) is 0 Å². The van der Waals surface area contributed by atoms with E-state index in [1.165, 1.54) is 22.5 Å². The topological polar surface area (TPSA) is 46.6 Å². The monoisotopic (exact) mass is 305 g/mol. The van der Waals surface area contributed by atoms with Gasteiger partial charge >= 0.3 is 0 Å². The quantitative estimate of drug-likeness (QED) is 0.785. The molecule has 0 spiro atoms. The summed E-state index contributed by atoms with van der Waals surface area (Å²) in [7, 11) is -3.67. The minimum Gasteiger partial charge on any atom is -0.486 e. The molecule has 1 atom stereocenters. The summed E-state index contributed by atoms with van der Waals surface area (Å²) in [5.74, 6) is 0.584. The van der Waals surface area contributed by atoms with Gasteiger partial charge in [-0.1, -0.05) is 38.3 Å². The zero-order valence-corrected chi connectivity index (χ0v) is 12.8. The Morgan fingerprint density at radius 3 is 2.76 bits per heavy atom. The first-order valence-corrected chi connectivity index (χ1v) is 8.22. The molecule has 1 aromatic rings. The molecule has 0 saturated heterocycles. The number of allylic oxidation sites excluding steroid dienone is 3. The van der Waals surface area contributed by atoms with Crippen LogP contribution in [0.4, 0.5) is 5.69 Å². The zero-order valence-electron chi connectivity index (χ0n) is 12.0. The van der Waals surface area contributed by atoms with Gasteiger partial charge in [0, 0.05) is 0 Å². The fraction of sp³-hybridized carbons (Fsp3) is 0.250. The number of rotatable bonds is 5. The number of nitrogens with zero attached hydrogens (tertiary/aromatic N) is 1. The number of ether oxygens (including phenoxy) is 1. The zero-order chi connectivity index (χ0) is 15.5. The van der Waals surface area contributed by atoms with Crippen LogP contribution in [0.1, 0.15) is 13.3 Å². The van der Waals surface area contributed by atoms with E-state index >= 15 is 0 Å². The summed E-state index contributed by atoms with van der Waals surface area (Å²) in [5.41, 5.74) is 0.555. The molecule has 21 heavy (non-hydrogen) atoms. The van der Waals surface area contributed by atoms with E-state index in [0.717, 1.165) is 6.42 Å². The van der Waals surface area contributed by atoms with Gasteiger partial charge in [0.05, 0.1) is 17.1 Å². The number of sulfonamides is 1. The Morgan fingerprint density at radius 1 is 1.43 bits per heavy atom. The molecule has 1 aliphatic heterocycles. The molecule has 0 N–H and O–H groups in total. The number of hydrogen-bond donors (Lipinski definition) is 0. The van der Waals surface area contributed by atoms with E-state index in [1.54, 1.807) is 18.2 Å². The van der Waals surface area contributed by atoms with Gasteiger partial charge in [0.15, 0.2) is 0 Å². The van der Waals surface area contributed by atoms with Crippen LogP contribution < -0.4 is 9.04 Å². The molecule has 0 aromatic heterocycles. The summed E-state index contributed by atoms with van der Waals surface area (Å²) in [5, 5.41) is 0. The normalized spacial score (nSPS) is 18.6. The average molecular weight is 305 g/mol. The Kier molecular flexibility index (Phi) is 4.53. The van der Waals surface area contributed by atoms with Crippen molar-refractivity contribution in [3.8, 4) is 5.75 Å². The maximum atomic E-state index is 12.8. The molecule has 0 bridgehead atoms. The summed E-state index contributed by atoms with van der Waals surface area (Å²) in [6, 6.07) is 7.15. The Bertz CT molecular complexity index is 677. The minimum atomic E-state index is -3.67. The van der Waals surface area contributed by atoms with Gasteiger partial charge in [-0.25, -0.2) is 8.42 Å². The molecule has 0 fully saturated rings. The van der Waals surface area contributed by atoms with Crippen LogP contribution in [0.2, 0.25) is 0 Å². The lowest BCUT2D eigenvalue weighted by Crippen LogP contribution is -2.43. The highest BCUT2D eigenvalue weighted by Gasteiger charge is 2.33. The van der Waals surface area contributed by atoms with Gasteiger partial charge < -0.3 is 4.74 Å². The molecular weight excluding hydrogens is 286 g/mol. The molecule has 4 nitrogen and oxygen atoms in total. The molecule has 5 heteroatoms. The number of benzene rings is 1. The highest BCUT2D eigenvalue weighted by molar-refractivity contribution is 7.96. The molecule has 1 aliphatic rings. The summed E-state index contributed by atoms with van der Waals surface area (Å²) >= 11 is 0. The van der Waals surface area contributed by atoms with Crippen LogP contribution in [0.15, 0.2) is 60.6 Å². The first-order valence-electron chi connectivity index (χ1n) is 6.78. The van der Waals surface area contributed by atoms with Crippen molar-refractivity contribution in [3.63, 3.8) is 0 Å². The Hall–Kier alpha value is -2.01. The van der Waals surface area contributed by atoms with Gasteiger partial charge in [0.2, 0.25) is 0 Å². The Labute approximate surface area is 126 Å². The van der Waals surface area contributed by atoms with E-state index in [9.17, 15) is 8.42 Å². The van der Waals surface area contributed by atoms with E-state index in [-0.39, 0.29) is 17.6 Å². The molecule has 1 unspecified atom stereocenters. The minimum absolute atomic E-state index is 0.129. The number of fused-ring (bicyclic) bond motifs is 1. The van der Waals surface area contributed by atoms with Crippen LogP contribution >= 0.6 is 0 Å². The van der Waals surface area contributed by atoms with Crippen molar-refractivity contribution in [2.75, 3.05) is 10.8 Å². The van der Waals surface area contributed by atoms with Crippen LogP contribution in [0, 0.1) is 0 Å². The van der Waals surface area contributed by atoms with Crippen molar-refractivity contribution in [2.45, 2.75) is 19.4 Å². The smallest absolute Gasteiger partial charge is 0.264 e. The van der Waals surface area contributed by atoms with Gasteiger partial charge in [-0.05, 0) is 30.7 Å². The van der Waals surface area contributed by atoms with Crippen molar-refractivity contribution >= 4 is 15.7 Å². The first-order chi connectivity index (χ1) is 10.0. The van der Waals surface area contributed by atoms with E-state index in [4.69, 9.17) is 4.74 Å². The third-order valence-electron chi connectivity index (χ3n) is 3.32. The summed E-state index contributed by atoms with van der Waals surface area (Å²) in [6.07, 6.45) is 4.79. The summed E-state index contributed by atoms with van der Waals surface area (Å²) < 4.78 is 32.8. The highest BCUT2D eigenvalue weighted by atomic mass is 32.2. The fourth-order valence-corrected chi connectivity index (χ4v) is 3.71. The number of anilines is 1. The van der Waals surface area contributed by atoms with Crippen LogP contribution in [-0.4, -0.2) is 21.1 Å². The van der Waals surface area contributed by atoms with Crippen LogP contribution in [0.25, 0.3) is 0 Å². The molecule has 0 amide bonds. The molecule has 1 aromatic carbocycles. The fourth-order valence-electron chi connectivity index (χ4n) is 2.21. The largest absolute Gasteiger partial charge is 0.486 e. The molecule has 112 valence electrons. The van der Waals surface area contributed by atoms with Crippen molar-refractivity contribution < 1.29 is 13.2 Å². The molecular formula is C16H19NO3S. The van der Waals surface area contributed by atoms with E-state index in [0.29, 0.717) is 11.4 Å². The van der Waals surface area contributed by atoms with Gasteiger partial charge in [-0.3, -0.25) is 4.31 Å². The second kappa shape index (κ2) is 6.18. The molecule has 0 radical (unpaired) electrons. The Balaban J connectivity index is 2.54. The van der Waals surface area contributed by atoms with E-state index in [2.05, 4.69) is 13.2 Å². The standard InChI is InChI=1S/C16H19NO3S/c1-4-9-14(6-3)21(18,19)17-12-13(5-2)20-16-11-8-7-10-15(16)17/h4,6-11,13H,1,3,5,12H2,2H3/b14-9+. The lowest BCUT2D eigenvalue weighted by atomic mass is 10.2. The van der Waals surface area contributed by atoms with Gasteiger partial charge in [0.1, 0.15) is 11.9 Å². The van der Waals surface area contributed by atoms with Gasteiger partial charge in [-0.2, -0.15) is 0 Å². The lowest BCUT2D eigenvalue weighted by Gasteiger charge is -2.35. The predicted octanol–water partition coefficient (Wildman–Crippen LogP) is 3.25. The molecule has 0 saturated carbocycles. The van der Waals surface area contributed by atoms with Crippen LogP contribution in [0.5, 0.6) is 5.75 Å². The van der Waals surface area contributed by atoms with Gasteiger partial charge in [-0.15, -0.1) is 0 Å². The summed E-state index contributed by atoms with van der Waals surface area (Å²) in [4.78, 5) is 0.129. The van der Waals surface area contributed by atoms with Crippen molar-refractivity contribution in [2.24, 2.45) is 0 Å². The first kappa shape index (κ1) is 15.4. The maximum absolute atomic E-state index is 12.8. The SMILES string of the molecule is C=C/C=C(\C=C)S(=O)(=O)N1CC(CC)Oc2ccccc21. The third kappa shape index (κ3) is 2.88. The second-order valence-corrected chi connectivity index (χ2v) is 6.52. The van der Waals surface area contributed by atoms with Crippen molar-refractivity contribution in [3.05, 3.63) is 60.6 Å². The third-order valence-corrected chi connectivity index (χ3v) is 5.15. The van der Waals surface area contributed by atoms with E-state index < -0.39 is 10.0 Å². The number of para-hydroxylation sites is 2. The van der Waals surface area contributed by atoms with Crippen LogP contribution in [-0.2, 0) is 10.0 Å². The molecule has 1 heterocycles. The lowest BCUT2D eigenvalue weighted by molar-refractivity contribution is 0.196. The van der Waals surface area contributed by atoms with Gasteiger partial charge in [0.25, 0.3) is 10.0 Å². The van der Waals surface area contributed by atoms with E-state index in [1.807, 2.05) is 13.0 Å². The summed E-state index contributed by atoms with van der Waals surface area (Å²) in [6.45, 7) is 9.39. The predicted molar refractivity (Wildman–Crippen MR) is 85.9 cm³/mol. The maximum Gasteiger partial charge on any atom is 0.264 e.